The zero-order chi connectivity index (χ0) is 19.3. The van der Waals surface area contributed by atoms with Crippen LogP contribution in [0.25, 0.3) is 10.7 Å². The molecule has 0 atom stereocenters. The van der Waals surface area contributed by atoms with Crippen LogP contribution in [0, 0.1) is 0 Å². The molecule has 2 aromatic heterocycles. The molecule has 1 saturated heterocycles. The van der Waals surface area contributed by atoms with Crippen molar-refractivity contribution >= 4 is 17.4 Å². The van der Waals surface area contributed by atoms with E-state index in [1.54, 1.807) is 18.4 Å². The summed E-state index contributed by atoms with van der Waals surface area (Å²) in [4.78, 5) is 19.8. The zero-order valence-electron chi connectivity index (χ0n) is 15.6. The van der Waals surface area contributed by atoms with Gasteiger partial charge in [0.2, 0.25) is 11.7 Å². The molecule has 0 aliphatic carbocycles. The Kier molecular flexibility index (Phi) is 5.57. The predicted molar refractivity (Wildman–Crippen MR) is 106 cm³/mol. The Morgan fingerprint density at radius 1 is 1.29 bits per heavy atom. The smallest absolute Gasteiger partial charge is 0.317 e. The molecule has 1 aliphatic rings. The van der Waals surface area contributed by atoms with Gasteiger partial charge in [-0.05, 0) is 42.0 Å². The van der Waals surface area contributed by atoms with Crippen LogP contribution in [0.3, 0.4) is 0 Å². The Morgan fingerprint density at radius 3 is 2.75 bits per heavy atom. The molecule has 2 amide bonds. The molecular weight excluding hydrogens is 376 g/mol. The van der Waals surface area contributed by atoms with E-state index in [4.69, 9.17) is 9.26 Å². The quantitative estimate of drug-likeness (QED) is 0.705. The van der Waals surface area contributed by atoms with Crippen molar-refractivity contribution < 1.29 is 14.1 Å². The Morgan fingerprint density at radius 2 is 2.07 bits per heavy atom. The van der Waals surface area contributed by atoms with Crippen molar-refractivity contribution in [3.8, 4) is 16.5 Å². The summed E-state index contributed by atoms with van der Waals surface area (Å²) >= 11 is 1.59. The van der Waals surface area contributed by atoms with Gasteiger partial charge in [0.25, 0.3) is 0 Å². The maximum absolute atomic E-state index is 12.4. The molecule has 1 aromatic carbocycles. The van der Waals surface area contributed by atoms with E-state index in [0.717, 1.165) is 29.0 Å². The minimum atomic E-state index is -0.0425. The van der Waals surface area contributed by atoms with Gasteiger partial charge in [-0.1, -0.05) is 23.4 Å². The van der Waals surface area contributed by atoms with E-state index in [1.165, 1.54) is 0 Å². The maximum Gasteiger partial charge on any atom is 0.317 e. The van der Waals surface area contributed by atoms with Gasteiger partial charge in [0, 0.05) is 25.6 Å². The molecule has 0 spiro atoms. The topological polar surface area (TPSA) is 80.5 Å². The summed E-state index contributed by atoms with van der Waals surface area (Å²) in [5, 5.41) is 9.06. The zero-order valence-corrected chi connectivity index (χ0v) is 16.4. The van der Waals surface area contributed by atoms with Gasteiger partial charge < -0.3 is 19.5 Å². The van der Waals surface area contributed by atoms with Gasteiger partial charge in [0.15, 0.2) is 0 Å². The lowest BCUT2D eigenvalue weighted by molar-refractivity contribution is 0.175. The van der Waals surface area contributed by atoms with E-state index >= 15 is 0 Å². The summed E-state index contributed by atoms with van der Waals surface area (Å²) in [5.41, 5.74) is 1.04. The monoisotopic (exact) mass is 398 g/mol. The highest BCUT2D eigenvalue weighted by Gasteiger charge is 2.27. The highest BCUT2D eigenvalue weighted by atomic mass is 32.1. The van der Waals surface area contributed by atoms with Crippen LogP contribution in [-0.2, 0) is 6.54 Å². The average Bonchev–Trinajstić information content (AvgIpc) is 3.44. The minimum absolute atomic E-state index is 0.0425. The van der Waals surface area contributed by atoms with Crippen molar-refractivity contribution in [1.82, 2.24) is 20.4 Å². The highest BCUT2D eigenvalue weighted by Crippen LogP contribution is 2.29. The number of urea groups is 1. The number of amides is 2. The fourth-order valence-corrected chi connectivity index (χ4v) is 3.92. The molecule has 4 rings (SSSR count). The molecule has 146 valence electrons. The summed E-state index contributed by atoms with van der Waals surface area (Å²) < 4.78 is 10.6. The molecule has 3 aromatic rings. The molecule has 1 aliphatic heterocycles. The van der Waals surface area contributed by atoms with Crippen molar-refractivity contribution in [3.63, 3.8) is 0 Å². The van der Waals surface area contributed by atoms with Gasteiger partial charge >= 0.3 is 6.03 Å². The van der Waals surface area contributed by atoms with E-state index in [0.29, 0.717) is 31.3 Å². The van der Waals surface area contributed by atoms with Gasteiger partial charge in [-0.2, -0.15) is 4.98 Å². The number of ether oxygens (including phenoxy) is 1. The third kappa shape index (κ3) is 4.17. The molecule has 7 nitrogen and oxygen atoms in total. The number of likely N-dealkylation sites (tertiary alicyclic amines) is 1. The molecule has 0 unspecified atom stereocenters. The van der Waals surface area contributed by atoms with Crippen molar-refractivity contribution in [2.75, 3.05) is 20.2 Å². The number of carbonyl (C=O) groups excluding carboxylic acids is 1. The van der Waals surface area contributed by atoms with Crippen LogP contribution in [0.5, 0.6) is 5.75 Å². The fraction of sp³-hybridized carbons (Fsp3) is 0.350. The van der Waals surface area contributed by atoms with Crippen LogP contribution in [0.15, 0.2) is 46.3 Å². The third-order valence-electron chi connectivity index (χ3n) is 4.92. The third-order valence-corrected chi connectivity index (χ3v) is 5.78. The number of piperidine rings is 1. The number of benzene rings is 1. The number of nitrogens with one attached hydrogen (secondary N) is 1. The van der Waals surface area contributed by atoms with E-state index in [9.17, 15) is 4.79 Å². The molecule has 1 fully saturated rings. The lowest BCUT2D eigenvalue weighted by Crippen LogP contribution is -2.43. The summed E-state index contributed by atoms with van der Waals surface area (Å²) in [6.45, 7) is 1.85. The normalized spacial score (nSPS) is 14.8. The first-order chi connectivity index (χ1) is 13.7. The second-order valence-electron chi connectivity index (χ2n) is 6.70. The van der Waals surface area contributed by atoms with Crippen molar-refractivity contribution in [2.24, 2.45) is 0 Å². The van der Waals surface area contributed by atoms with E-state index in [1.807, 2.05) is 46.7 Å². The Hall–Kier alpha value is -2.87. The van der Waals surface area contributed by atoms with Crippen LogP contribution >= 0.6 is 11.3 Å². The first-order valence-electron chi connectivity index (χ1n) is 9.26. The summed E-state index contributed by atoms with van der Waals surface area (Å²) in [7, 11) is 1.64. The Balaban J connectivity index is 1.27. The first-order valence-corrected chi connectivity index (χ1v) is 10.1. The van der Waals surface area contributed by atoms with Gasteiger partial charge in [0.05, 0.1) is 12.0 Å². The van der Waals surface area contributed by atoms with Gasteiger partial charge in [-0.25, -0.2) is 4.79 Å². The number of methoxy groups -OCH3 is 1. The number of aromatic nitrogens is 2. The molecule has 0 radical (unpaired) electrons. The SMILES string of the molecule is COc1ccc(CNC(=O)N2CCC(c3nc(-c4cccs4)no3)CC2)cc1. The van der Waals surface area contributed by atoms with Crippen LogP contribution in [0.1, 0.15) is 30.2 Å². The fourth-order valence-electron chi connectivity index (χ4n) is 3.27. The predicted octanol–water partition coefficient (Wildman–Crippen LogP) is 3.90. The molecule has 3 heterocycles. The molecule has 28 heavy (non-hydrogen) atoms. The Labute approximate surface area is 167 Å². The molecular formula is C20H22N4O3S. The van der Waals surface area contributed by atoms with Crippen LogP contribution in [0.2, 0.25) is 0 Å². The van der Waals surface area contributed by atoms with E-state index in [2.05, 4.69) is 15.5 Å². The number of carbonyl (C=O) groups is 1. The average molecular weight is 398 g/mol. The number of nitrogens with zero attached hydrogens (tertiary/aromatic N) is 3. The standard InChI is InChI=1S/C20H22N4O3S/c1-26-16-6-4-14(5-7-16)13-21-20(25)24-10-8-15(9-11-24)19-22-18(23-27-19)17-3-2-12-28-17/h2-7,12,15H,8-11,13H2,1H3,(H,21,25). The van der Waals surface area contributed by atoms with Crippen LogP contribution in [-0.4, -0.2) is 41.3 Å². The summed E-state index contributed by atoms with van der Waals surface area (Å²) in [6, 6.07) is 11.6. The summed E-state index contributed by atoms with van der Waals surface area (Å²) in [5.74, 6) is 2.32. The Bertz CT molecular complexity index is 900. The number of rotatable bonds is 5. The molecule has 0 saturated carbocycles. The highest BCUT2D eigenvalue weighted by molar-refractivity contribution is 7.13. The maximum atomic E-state index is 12.4. The molecule has 1 N–H and O–H groups in total. The second kappa shape index (κ2) is 8.43. The molecule has 8 heteroatoms. The minimum Gasteiger partial charge on any atom is -0.497 e. The van der Waals surface area contributed by atoms with Crippen molar-refractivity contribution in [1.29, 1.82) is 0 Å². The summed E-state index contributed by atoms with van der Waals surface area (Å²) in [6.07, 6.45) is 1.64. The first kappa shape index (κ1) is 18.5. The lowest BCUT2D eigenvalue weighted by Gasteiger charge is -2.30. The lowest BCUT2D eigenvalue weighted by atomic mass is 9.97. The van der Waals surface area contributed by atoms with Crippen LogP contribution in [0.4, 0.5) is 4.79 Å². The van der Waals surface area contributed by atoms with Gasteiger partial charge in [0.1, 0.15) is 5.75 Å². The van der Waals surface area contributed by atoms with Crippen molar-refractivity contribution in [3.05, 3.63) is 53.2 Å². The largest absolute Gasteiger partial charge is 0.497 e. The molecule has 0 bridgehead atoms. The van der Waals surface area contributed by atoms with Crippen molar-refractivity contribution in [2.45, 2.75) is 25.3 Å². The van der Waals surface area contributed by atoms with Gasteiger partial charge in [-0.15, -0.1) is 11.3 Å². The number of thiophene rings is 1. The number of hydrogen-bond acceptors (Lipinski definition) is 6. The number of hydrogen-bond donors (Lipinski definition) is 1. The van der Waals surface area contributed by atoms with Gasteiger partial charge in [-0.3, -0.25) is 0 Å². The van der Waals surface area contributed by atoms with Crippen LogP contribution < -0.4 is 10.1 Å². The van der Waals surface area contributed by atoms with E-state index in [-0.39, 0.29) is 11.9 Å². The van der Waals surface area contributed by atoms with E-state index < -0.39 is 0 Å². The second-order valence-corrected chi connectivity index (χ2v) is 7.65.